The van der Waals surface area contributed by atoms with Gasteiger partial charge in [-0.05, 0) is 76.1 Å². The van der Waals surface area contributed by atoms with Gasteiger partial charge in [0.15, 0.2) is 0 Å². The van der Waals surface area contributed by atoms with E-state index in [9.17, 15) is 9.90 Å². The maximum Gasteiger partial charge on any atom is 0.330 e. The lowest BCUT2D eigenvalue weighted by atomic mass is 9.61. The van der Waals surface area contributed by atoms with Gasteiger partial charge >= 0.3 is 5.97 Å². The molecule has 0 bridgehead atoms. The Morgan fingerprint density at radius 2 is 1.79 bits per heavy atom. The molecule has 1 aliphatic rings. The van der Waals surface area contributed by atoms with E-state index in [1.165, 1.54) is 22.8 Å². The smallest absolute Gasteiger partial charge is 0.330 e. The highest BCUT2D eigenvalue weighted by molar-refractivity contribution is 5.90. The molecule has 0 aliphatic heterocycles. The van der Waals surface area contributed by atoms with Gasteiger partial charge in [-0.3, -0.25) is 0 Å². The number of carbonyl (C=O) groups is 1. The first-order chi connectivity index (χ1) is 13.7. The highest BCUT2D eigenvalue weighted by Gasteiger charge is 2.38. The molecule has 2 aromatic rings. The Hall–Kier alpha value is -2.39. The van der Waals surface area contributed by atoms with Crippen LogP contribution in [0.3, 0.4) is 0 Å². The van der Waals surface area contributed by atoms with Crippen molar-refractivity contribution in [2.45, 2.75) is 64.9 Å². The summed E-state index contributed by atoms with van der Waals surface area (Å²) in [7, 11) is 0. The van der Waals surface area contributed by atoms with Crippen LogP contribution in [0.5, 0.6) is 0 Å². The summed E-state index contributed by atoms with van der Waals surface area (Å²) in [5.74, 6) is -0.346. The lowest BCUT2D eigenvalue weighted by Gasteiger charge is -2.43. The van der Waals surface area contributed by atoms with E-state index < -0.39 is 0 Å². The molecule has 3 heteroatoms. The molecular formula is C26H32O3. The van der Waals surface area contributed by atoms with Crippen LogP contribution in [-0.2, 0) is 27.0 Å². The minimum absolute atomic E-state index is 0.0151. The predicted molar refractivity (Wildman–Crippen MR) is 119 cm³/mol. The van der Waals surface area contributed by atoms with Gasteiger partial charge in [0, 0.05) is 6.08 Å². The van der Waals surface area contributed by atoms with Crippen molar-refractivity contribution in [2.24, 2.45) is 0 Å². The summed E-state index contributed by atoms with van der Waals surface area (Å²) in [5, 5.41) is 9.72. The highest BCUT2D eigenvalue weighted by atomic mass is 16.5. The molecule has 0 saturated heterocycles. The van der Waals surface area contributed by atoms with Gasteiger partial charge in [-0.2, -0.15) is 0 Å². The van der Waals surface area contributed by atoms with Crippen LogP contribution < -0.4 is 0 Å². The van der Waals surface area contributed by atoms with Crippen LogP contribution >= 0.6 is 0 Å². The first-order valence-corrected chi connectivity index (χ1v) is 10.4. The van der Waals surface area contributed by atoms with Crippen LogP contribution in [0.1, 0.15) is 69.7 Å². The van der Waals surface area contributed by atoms with Crippen LogP contribution in [-0.4, -0.2) is 17.7 Å². The summed E-state index contributed by atoms with van der Waals surface area (Å²) in [6.07, 6.45) is 5.57. The molecule has 0 fully saturated rings. The number of hydrogen-bond donors (Lipinski definition) is 1. The number of aliphatic hydroxyl groups excluding tert-OH is 1. The second kappa shape index (κ2) is 8.16. The summed E-state index contributed by atoms with van der Waals surface area (Å²) >= 11 is 0. The zero-order chi connectivity index (χ0) is 21.2. The molecule has 1 aliphatic carbocycles. The number of carbonyl (C=O) groups excluding carboxylic acids is 1. The van der Waals surface area contributed by atoms with E-state index in [-0.39, 0.29) is 23.4 Å². The van der Waals surface area contributed by atoms with Gasteiger partial charge in [0.25, 0.3) is 0 Å². The summed E-state index contributed by atoms with van der Waals surface area (Å²) < 4.78 is 5.04. The van der Waals surface area contributed by atoms with E-state index in [0.717, 1.165) is 29.5 Å². The van der Waals surface area contributed by atoms with Crippen molar-refractivity contribution in [1.82, 2.24) is 0 Å². The molecule has 0 saturated carbocycles. The molecule has 3 rings (SSSR count). The maximum absolute atomic E-state index is 11.9. The van der Waals surface area contributed by atoms with Gasteiger partial charge in [-0.15, -0.1) is 0 Å². The van der Waals surface area contributed by atoms with Crippen molar-refractivity contribution in [2.75, 3.05) is 6.61 Å². The van der Waals surface area contributed by atoms with Crippen molar-refractivity contribution >= 4 is 12.0 Å². The van der Waals surface area contributed by atoms with Crippen LogP contribution in [0.25, 0.3) is 17.2 Å². The van der Waals surface area contributed by atoms with Crippen LogP contribution in [0.2, 0.25) is 0 Å². The summed E-state index contributed by atoms with van der Waals surface area (Å²) in [5.41, 5.74) is 6.97. The van der Waals surface area contributed by atoms with E-state index in [2.05, 4.69) is 45.9 Å². The minimum Gasteiger partial charge on any atom is -0.463 e. The second-order valence-corrected chi connectivity index (χ2v) is 9.16. The van der Waals surface area contributed by atoms with Crippen molar-refractivity contribution in [3.05, 3.63) is 64.7 Å². The zero-order valence-electron chi connectivity index (χ0n) is 18.2. The Labute approximate surface area is 174 Å². The number of ether oxygens (including phenoxy) is 1. The molecule has 0 amide bonds. The number of aliphatic hydroxyl groups is 1. The van der Waals surface area contributed by atoms with Crippen LogP contribution in [0.15, 0.2) is 42.5 Å². The monoisotopic (exact) mass is 392 g/mol. The number of rotatable bonds is 5. The molecule has 2 aromatic carbocycles. The lowest BCUT2D eigenvalue weighted by molar-refractivity contribution is -0.137. The molecule has 0 unspecified atom stereocenters. The molecule has 0 radical (unpaired) electrons. The van der Waals surface area contributed by atoms with Gasteiger partial charge < -0.3 is 9.84 Å². The van der Waals surface area contributed by atoms with Crippen LogP contribution in [0, 0.1) is 0 Å². The third kappa shape index (κ3) is 4.30. The van der Waals surface area contributed by atoms with Gasteiger partial charge in [0.1, 0.15) is 0 Å². The fourth-order valence-electron chi connectivity index (χ4n) is 4.38. The largest absolute Gasteiger partial charge is 0.463 e. The Balaban J connectivity index is 2.22. The SMILES string of the molecule is CCOC(=O)/C=C/c1ccc(CO)cc1-c1cccc2c1C(C)(C)CCC2(C)C. The molecule has 154 valence electrons. The predicted octanol–water partition coefficient (Wildman–Crippen LogP) is 5.77. The van der Waals surface area contributed by atoms with E-state index in [0.29, 0.717) is 6.61 Å². The summed E-state index contributed by atoms with van der Waals surface area (Å²) in [6, 6.07) is 12.5. The number of fused-ring (bicyclic) bond motifs is 1. The van der Waals surface area contributed by atoms with Gasteiger partial charge in [-0.25, -0.2) is 4.79 Å². The molecule has 0 atom stereocenters. The fourth-order valence-corrected chi connectivity index (χ4v) is 4.38. The average molecular weight is 393 g/mol. The van der Waals surface area contributed by atoms with Crippen molar-refractivity contribution in [3.8, 4) is 11.1 Å². The summed E-state index contributed by atoms with van der Waals surface area (Å²) in [6.45, 7) is 11.4. The molecule has 29 heavy (non-hydrogen) atoms. The van der Waals surface area contributed by atoms with Crippen molar-refractivity contribution in [3.63, 3.8) is 0 Å². The van der Waals surface area contributed by atoms with Gasteiger partial charge in [0.2, 0.25) is 0 Å². The number of benzene rings is 2. The van der Waals surface area contributed by atoms with E-state index in [1.54, 1.807) is 6.92 Å². The molecular weight excluding hydrogens is 360 g/mol. The highest BCUT2D eigenvalue weighted by Crippen LogP contribution is 2.49. The second-order valence-electron chi connectivity index (χ2n) is 9.16. The lowest BCUT2D eigenvalue weighted by Crippen LogP contribution is -2.34. The molecule has 1 N–H and O–H groups in total. The quantitative estimate of drug-likeness (QED) is 0.519. The Bertz CT molecular complexity index is 935. The topological polar surface area (TPSA) is 46.5 Å². The van der Waals surface area contributed by atoms with Gasteiger partial charge in [-0.1, -0.05) is 58.0 Å². The van der Waals surface area contributed by atoms with Gasteiger partial charge in [0.05, 0.1) is 13.2 Å². The van der Waals surface area contributed by atoms with Crippen molar-refractivity contribution < 1.29 is 14.6 Å². The molecule has 0 heterocycles. The zero-order valence-corrected chi connectivity index (χ0v) is 18.2. The first-order valence-electron chi connectivity index (χ1n) is 10.4. The third-order valence-electron chi connectivity index (χ3n) is 6.12. The first kappa shape index (κ1) is 21.3. The number of hydrogen-bond acceptors (Lipinski definition) is 3. The average Bonchev–Trinajstić information content (AvgIpc) is 2.69. The van der Waals surface area contributed by atoms with E-state index in [4.69, 9.17) is 4.74 Å². The normalized spacial score (nSPS) is 17.2. The van der Waals surface area contributed by atoms with Crippen molar-refractivity contribution in [1.29, 1.82) is 0 Å². The maximum atomic E-state index is 11.9. The number of esters is 1. The minimum atomic E-state index is -0.346. The van der Waals surface area contributed by atoms with E-state index in [1.807, 2.05) is 24.3 Å². The third-order valence-corrected chi connectivity index (χ3v) is 6.12. The molecule has 0 spiro atoms. The molecule has 3 nitrogen and oxygen atoms in total. The fraction of sp³-hybridized carbons (Fsp3) is 0.423. The Morgan fingerprint density at radius 3 is 2.48 bits per heavy atom. The summed E-state index contributed by atoms with van der Waals surface area (Å²) in [4.78, 5) is 11.9. The van der Waals surface area contributed by atoms with Crippen LogP contribution in [0.4, 0.5) is 0 Å². The Morgan fingerprint density at radius 1 is 1.07 bits per heavy atom. The standard InChI is InChI=1S/C26H32O3/c1-6-29-23(28)13-12-19-11-10-18(17-27)16-21(19)20-8-7-9-22-24(20)26(4,5)15-14-25(22,2)3/h7-13,16,27H,6,14-15,17H2,1-5H3/b13-12+. The molecule has 0 aromatic heterocycles. The van der Waals surface area contributed by atoms with E-state index >= 15 is 0 Å². The Kier molecular flexibility index (Phi) is 6.00.